The molecule has 0 amide bonds. The van der Waals surface area contributed by atoms with Gasteiger partial charge in [0.05, 0.1) is 11.9 Å². The SMILES string of the molecule is C[C@@H](c1cc(F)c2c(c1CC(=O)CS(=O)(=O)c1cc(C(C)(C)O)co1)CCC2)C1CC1. The number of aliphatic hydroxyl groups is 1. The average Bonchev–Trinajstić information content (AvgIpc) is 3.17. The summed E-state index contributed by atoms with van der Waals surface area (Å²) in [5.41, 5.74) is 2.34. The van der Waals surface area contributed by atoms with Crippen LogP contribution in [-0.2, 0) is 39.5 Å². The number of furan rings is 1. The van der Waals surface area contributed by atoms with Crippen molar-refractivity contribution in [1.82, 2.24) is 0 Å². The Morgan fingerprint density at radius 2 is 1.94 bits per heavy atom. The third kappa shape index (κ3) is 4.48. The monoisotopic (exact) mass is 448 g/mol. The first-order valence-electron chi connectivity index (χ1n) is 10.9. The van der Waals surface area contributed by atoms with Crippen molar-refractivity contribution in [2.45, 2.75) is 75.9 Å². The van der Waals surface area contributed by atoms with Crippen LogP contribution in [0.25, 0.3) is 0 Å². The molecule has 2 aliphatic rings. The molecule has 168 valence electrons. The number of hydrogen-bond donors (Lipinski definition) is 1. The molecule has 1 atom stereocenters. The number of ketones is 1. The van der Waals surface area contributed by atoms with E-state index in [1.54, 1.807) is 6.07 Å². The van der Waals surface area contributed by atoms with Gasteiger partial charge in [0.15, 0.2) is 5.78 Å². The second-order valence-corrected chi connectivity index (χ2v) is 11.5. The van der Waals surface area contributed by atoms with Gasteiger partial charge in [-0.3, -0.25) is 4.79 Å². The Kier molecular flexibility index (Phi) is 5.63. The third-order valence-corrected chi connectivity index (χ3v) is 8.16. The highest BCUT2D eigenvalue weighted by atomic mass is 32.2. The first-order chi connectivity index (χ1) is 14.5. The Hall–Kier alpha value is -1.99. The van der Waals surface area contributed by atoms with Crippen LogP contribution in [-0.4, -0.2) is 25.1 Å². The number of Topliss-reactive ketones (excluding diaryl/α,β-unsaturated/α-hetero) is 1. The normalized spacial score (nSPS) is 17.6. The Morgan fingerprint density at radius 1 is 1.26 bits per heavy atom. The van der Waals surface area contributed by atoms with Crippen molar-refractivity contribution >= 4 is 15.6 Å². The van der Waals surface area contributed by atoms with Gasteiger partial charge in [-0.2, -0.15) is 0 Å². The van der Waals surface area contributed by atoms with Gasteiger partial charge < -0.3 is 9.52 Å². The van der Waals surface area contributed by atoms with Crippen LogP contribution in [0.5, 0.6) is 0 Å². The molecule has 0 radical (unpaired) electrons. The van der Waals surface area contributed by atoms with E-state index >= 15 is 0 Å². The molecule has 0 spiro atoms. The summed E-state index contributed by atoms with van der Waals surface area (Å²) in [7, 11) is -3.98. The molecule has 0 unspecified atom stereocenters. The highest BCUT2D eigenvalue weighted by Crippen LogP contribution is 2.45. The summed E-state index contributed by atoms with van der Waals surface area (Å²) < 4.78 is 45.3. The minimum atomic E-state index is -3.98. The number of halogens is 1. The number of hydrogen-bond acceptors (Lipinski definition) is 5. The molecule has 1 aromatic heterocycles. The Bertz CT molecular complexity index is 1120. The lowest BCUT2D eigenvalue weighted by Gasteiger charge is -2.20. The maximum Gasteiger partial charge on any atom is 0.218 e. The van der Waals surface area contributed by atoms with Gasteiger partial charge in [0, 0.05) is 18.1 Å². The lowest BCUT2D eigenvalue weighted by atomic mass is 9.85. The zero-order valence-corrected chi connectivity index (χ0v) is 19.0. The van der Waals surface area contributed by atoms with Crippen molar-refractivity contribution in [3.63, 3.8) is 0 Å². The molecule has 0 aliphatic heterocycles. The van der Waals surface area contributed by atoms with Gasteiger partial charge in [-0.25, -0.2) is 12.8 Å². The zero-order valence-electron chi connectivity index (χ0n) is 18.2. The molecule has 4 rings (SSSR count). The molecule has 1 aromatic carbocycles. The second kappa shape index (κ2) is 7.85. The van der Waals surface area contributed by atoms with Gasteiger partial charge in [-0.1, -0.05) is 6.92 Å². The first kappa shape index (κ1) is 22.2. The molecule has 0 saturated heterocycles. The lowest BCUT2D eigenvalue weighted by molar-refractivity contribution is -0.116. The number of carbonyl (C=O) groups is 1. The molecular formula is C24H29FO5S. The smallest absolute Gasteiger partial charge is 0.218 e. The number of benzene rings is 1. The predicted octanol–water partition coefficient (Wildman–Crippen LogP) is 4.23. The highest BCUT2D eigenvalue weighted by Gasteiger charge is 2.34. The van der Waals surface area contributed by atoms with Crippen LogP contribution in [0.15, 0.2) is 27.9 Å². The van der Waals surface area contributed by atoms with Crippen LogP contribution in [0, 0.1) is 11.7 Å². The molecule has 31 heavy (non-hydrogen) atoms. The summed E-state index contributed by atoms with van der Waals surface area (Å²) in [5.74, 6) is -0.673. The Labute approximate surface area is 182 Å². The number of fused-ring (bicyclic) bond motifs is 1. The second-order valence-electron chi connectivity index (χ2n) is 9.55. The van der Waals surface area contributed by atoms with Gasteiger partial charge >= 0.3 is 0 Å². The van der Waals surface area contributed by atoms with E-state index in [4.69, 9.17) is 4.42 Å². The van der Waals surface area contributed by atoms with Crippen molar-refractivity contribution in [2.24, 2.45) is 5.92 Å². The largest absolute Gasteiger partial charge is 0.453 e. The molecule has 1 N–H and O–H groups in total. The van der Waals surface area contributed by atoms with Crippen molar-refractivity contribution in [1.29, 1.82) is 0 Å². The van der Waals surface area contributed by atoms with Crippen LogP contribution in [0.1, 0.15) is 73.8 Å². The van der Waals surface area contributed by atoms with E-state index in [1.807, 2.05) is 0 Å². The quantitative estimate of drug-likeness (QED) is 0.653. The topological polar surface area (TPSA) is 84.6 Å². The minimum Gasteiger partial charge on any atom is -0.453 e. The zero-order chi connectivity index (χ0) is 22.6. The van der Waals surface area contributed by atoms with Crippen LogP contribution in [0.4, 0.5) is 4.39 Å². The van der Waals surface area contributed by atoms with E-state index < -0.39 is 27.0 Å². The molecule has 1 fully saturated rings. The summed E-state index contributed by atoms with van der Waals surface area (Å²) in [4.78, 5) is 12.9. The highest BCUT2D eigenvalue weighted by molar-refractivity contribution is 7.92. The Morgan fingerprint density at radius 3 is 2.55 bits per heavy atom. The van der Waals surface area contributed by atoms with Crippen molar-refractivity contribution < 1.29 is 27.1 Å². The maximum absolute atomic E-state index is 14.7. The van der Waals surface area contributed by atoms with E-state index in [0.717, 1.165) is 42.4 Å². The Balaban J connectivity index is 1.60. The van der Waals surface area contributed by atoms with Crippen LogP contribution in [0.2, 0.25) is 0 Å². The van der Waals surface area contributed by atoms with Crippen molar-refractivity contribution in [3.05, 3.63) is 52.0 Å². The molecule has 5 nitrogen and oxygen atoms in total. The summed E-state index contributed by atoms with van der Waals surface area (Å²) in [6.45, 7) is 5.12. The predicted molar refractivity (Wildman–Crippen MR) is 114 cm³/mol. The number of rotatable bonds is 8. The minimum absolute atomic E-state index is 0.0205. The van der Waals surface area contributed by atoms with E-state index in [-0.39, 0.29) is 23.2 Å². The van der Waals surface area contributed by atoms with Gasteiger partial charge in [0.1, 0.15) is 11.6 Å². The van der Waals surface area contributed by atoms with Gasteiger partial charge in [-0.05, 0) is 86.1 Å². The van der Waals surface area contributed by atoms with E-state index in [0.29, 0.717) is 23.5 Å². The van der Waals surface area contributed by atoms with E-state index in [2.05, 4.69) is 6.92 Å². The van der Waals surface area contributed by atoms with Gasteiger partial charge in [0.25, 0.3) is 0 Å². The molecule has 2 aliphatic carbocycles. The summed E-state index contributed by atoms with van der Waals surface area (Å²) >= 11 is 0. The summed E-state index contributed by atoms with van der Waals surface area (Å²) in [5, 5.41) is 9.71. The molecule has 2 aromatic rings. The van der Waals surface area contributed by atoms with Gasteiger partial charge in [0.2, 0.25) is 14.9 Å². The van der Waals surface area contributed by atoms with Crippen molar-refractivity contribution in [3.8, 4) is 0 Å². The van der Waals surface area contributed by atoms with E-state index in [9.17, 15) is 22.7 Å². The molecule has 7 heteroatoms. The first-order valence-corrected chi connectivity index (χ1v) is 12.5. The lowest BCUT2D eigenvalue weighted by Crippen LogP contribution is -2.20. The molecule has 0 bridgehead atoms. The molecule has 1 saturated carbocycles. The summed E-state index contributed by atoms with van der Waals surface area (Å²) in [6.07, 6.45) is 5.60. The van der Waals surface area contributed by atoms with Gasteiger partial charge in [-0.15, -0.1) is 0 Å². The third-order valence-electron chi connectivity index (χ3n) is 6.63. The van der Waals surface area contributed by atoms with Crippen LogP contribution < -0.4 is 0 Å². The average molecular weight is 449 g/mol. The standard InChI is InChI=1S/C24H29FO5S/c1-14(15-7-8-15)20-11-22(25)19-6-4-5-18(19)21(20)10-17(26)13-31(28,29)23-9-16(12-30-23)24(2,3)27/h9,11-12,14-15,27H,4-8,10,13H2,1-3H3/t14-/m1/s1. The van der Waals surface area contributed by atoms with E-state index in [1.165, 1.54) is 26.2 Å². The fraction of sp³-hybridized carbons (Fsp3) is 0.542. The summed E-state index contributed by atoms with van der Waals surface area (Å²) in [6, 6.07) is 2.84. The fourth-order valence-corrected chi connectivity index (χ4v) is 5.79. The number of sulfone groups is 1. The maximum atomic E-state index is 14.7. The van der Waals surface area contributed by atoms with Crippen LogP contribution >= 0.6 is 0 Å². The molecular weight excluding hydrogens is 419 g/mol. The number of carbonyl (C=O) groups excluding carboxylic acids is 1. The molecule has 1 heterocycles. The van der Waals surface area contributed by atoms with Crippen molar-refractivity contribution in [2.75, 3.05) is 5.75 Å². The van der Waals surface area contributed by atoms with Crippen LogP contribution in [0.3, 0.4) is 0 Å². The fourth-order valence-electron chi connectivity index (χ4n) is 4.62.